The monoisotopic (exact) mass is 193 g/mol. The lowest BCUT2D eigenvalue weighted by Gasteiger charge is -2.16. The highest BCUT2D eigenvalue weighted by atomic mass is 16.5. The van der Waals surface area contributed by atoms with E-state index >= 15 is 0 Å². The summed E-state index contributed by atoms with van der Waals surface area (Å²) in [5.41, 5.74) is 1.23. The van der Waals surface area contributed by atoms with Crippen LogP contribution in [0.15, 0.2) is 24.3 Å². The first-order valence-corrected chi connectivity index (χ1v) is 5.24. The van der Waals surface area contributed by atoms with Crippen molar-refractivity contribution in [1.29, 1.82) is 0 Å². The van der Waals surface area contributed by atoms with Gasteiger partial charge in [0.15, 0.2) is 0 Å². The van der Waals surface area contributed by atoms with Gasteiger partial charge in [0.05, 0.1) is 6.61 Å². The van der Waals surface area contributed by atoms with Crippen LogP contribution < -0.4 is 10.1 Å². The van der Waals surface area contributed by atoms with Gasteiger partial charge in [0.1, 0.15) is 5.75 Å². The van der Waals surface area contributed by atoms with Crippen LogP contribution in [-0.4, -0.2) is 13.2 Å². The van der Waals surface area contributed by atoms with Crippen molar-refractivity contribution in [1.82, 2.24) is 5.32 Å². The fourth-order valence-electron chi connectivity index (χ4n) is 1.54. The molecule has 0 spiro atoms. The van der Waals surface area contributed by atoms with E-state index in [1.165, 1.54) is 5.56 Å². The summed E-state index contributed by atoms with van der Waals surface area (Å²) >= 11 is 0. The van der Waals surface area contributed by atoms with Gasteiger partial charge in [-0.25, -0.2) is 0 Å². The first-order chi connectivity index (χ1) is 6.79. The van der Waals surface area contributed by atoms with E-state index in [2.05, 4.69) is 25.2 Å². The summed E-state index contributed by atoms with van der Waals surface area (Å²) in [5, 5.41) is 3.38. The van der Waals surface area contributed by atoms with Crippen molar-refractivity contribution in [3.8, 4) is 5.75 Å². The lowest BCUT2D eigenvalue weighted by Crippen LogP contribution is -2.18. The molecule has 2 nitrogen and oxygen atoms in total. The maximum Gasteiger partial charge on any atom is 0.124 e. The molecule has 0 saturated carbocycles. The first-order valence-electron chi connectivity index (χ1n) is 5.24. The van der Waals surface area contributed by atoms with Crippen molar-refractivity contribution in [2.45, 2.75) is 26.8 Å². The summed E-state index contributed by atoms with van der Waals surface area (Å²) in [6.45, 7) is 7.97. The van der Waals surface area contributed by atoms with Crippen molar-refractivity contribution in [3.63, 3.8) is 0 Å². The lowest BCUT2D eigenvalue weighted by atomic mass is 10.1. The number of para-hydroxylation sites is 1. The zero-order chi connectivity index (χ0) is 10.4. The van der Waals surface area contributed by atoms with Gasteiger partial charge < -0.3 is 10.1 Å². The minimum atomic E-state index is 0.350. The summed E-state index contributed by atoms with van der Waals surface area (Å²) in [4.78, 5) is 0. The third kappa shape index (κ3) is 2.74. The molecular formula is C12H19NO. The highest BCUT2D eigenvalue weighted by Gasteiger charge is 2.08. The number of rotatable bonds is 5. The Labute approximate surface area is 86.3 Å². The number of nitrogens with one attached hydrogen (secondary N) is 1. The quantitative estimate of drug-likeness (QED) is 0.776. The molecule has 1 unspecified atom stereocenters. The SMILES string of the molecule is CCNC(C)c1ccccc1OCC. The Kier molecular flexibility index (Phi) is 4.47. The minimum absolute atomic E-state index is 0.350. The van der Waals surface area contributed by atoms with Gasteiger partial charge in [0.25, 0.3) is 0 Å². The van der Waals surface area contributed by atoms with Crippen molar-refractivity contribution in [2.24, 2.45) is 0 Å². The van der Waals surface area contributed by atoms with E-state index < -0.39 is 0 Å². The summed E-state index contributed by atoms with van der Waals surface area (Å²) in [7, 11) is 0. The van der Waals surface area contributed by atoms with Crippen LogP contribution in [-0.2, 0) is 0 Å². The van der Waals surface area contributed by atoms with E-state index in [9.17, 15) is 0 Å². The molecule has 1 N–H and O–H groups in total. The minimum Gasteiger partial charge on any atom is -0.494 e. The van der Waals surface area contributed by atoms with E-state index in [0.29, 0.717) is 6.04 Å². The molecule has 0 saturated heterocycles. The Bertz CT molecular complexity index is 273. The van der Waals surface area contributed by atoms with Crippen molar-refractivity contribution in [2.75, 3.05) is 13.2 Å². The summed E-state index contributed by atoms with van der Waals surface area (Å²) < 4.78 is 5.56. The second-order valence-corrected chi connectivity index (χ2v) is 3.25. The maximum absolute atomic E-state index is 5.56. The van der Waals surface area contributed by atoms with E-state index in [4.69, 9.17) is 4.74 Å². The molecule has 0 aromatic heterocycles. The molecule has 1 aromatic rings. The van der Waals surface area contributed by atoms with Gasteiger partial charge in [0, 0.05) is 11.6 Å². The molecule has 1 atom stereocenters. The third-order valence-corrected chi connectivity index (χ3v) is 2.20. The molecule has 0 aliphatic carbocycles. The summed E-state index contributed by atoms with van der Waals surface area (Å²) in [6, 6.07) is 8.53. The number of hydrogen-bond acceptors (Lipinski definition) is 2. The van der Waals surface area contributed by atoms with Crippen molar-refractivity contribution < 1.29 is 4.74 Å². The Morgan fingerprint density at radius 3 is 2.64 bits per heavy atom. The van der Waals surface area contributed by atoms with Crippen LogP contribution in [0.5, 0.6) is 5.75 Å². The Morgan fingerprint density at radius 1 is 1.29 bits per heavy atom. The molecule has 0 fully saturated rings. The second kappa shape index (κ2) is 5.66. The highest BCUT2D eigenvalue weighted by molar-refractivity contribution is 5.35. The van der Waals surface area contributed by atoms with Crippen LogP contribution in [0, 0.1) is 0 Å². The number of ether oxygens (including phenoxy) is 1. The first kappa shape index (κ1) is 11.1. The van der Waals surface area contributed by atoms with Crippen LogP contribution in [0.1, 0.15) is 32.4 Å². The van der Waals surface area contributed by atoms with E-state index in [0.717, 1.165) is 18.9 Å². The molecule has 1 rings (SSSR count). The number of benzene rings is 1. The second-order valence-electron chi connectivity index (χ2n) is 3.25. The van der Waals surface area contributed by atoms with Crippen LogP contribution in [0.2, 0.25) is 0 Å². The van der Waals surface area contributed by atoms with Gasteiger partial charge in [-0.05, 0) is 26.5 Å². The van der Waals surface area contributed by atoms with E-state index in [1.807, 2.05) is 25.1 Å². The summed E-state index contributed by atoms with van der Waals surface area (Å²) in [6.07, 6.45) is 0. The van der Waals surface area contributed by atoms with Gasteiger partial charge >= 0.3 is 0 Å². The average molecular weight is 193 g/mol. The molecule has 0 heterocycles. The van der Waals surface area contributed by atoms with Crippen LogP contribution >= 0.6 is 0 Å². The predicted octanol–water partition coefficient (Wildman–Crippen LogP) is 2.76. The van der Waals surface area contributed by atoms with Gasteiger partial charge in [-0.15, -0.1) is 0 Å². The molecule has 2 heteroatoms. The molecule has 1 aromatic carbocycles. The van der Waals surface area contributed by atoms with Gasteiger partial charge in [-0.2, -0.15) is 0 Å². The van der Waals surface area contributed by atoms with Gasteiger partial charge in [0.2, 0.25) is 0 Å². The van der Waals surface area contributed by atoms with Crippen molar-refractivity contribution >= 4 is 0 Å². The van der Waals surface area contributed by atoms with E-state index in [1.54, 1.807) is 0 Å². The molecule has 0 aliphatic rings. The normalized spacial score (nSPS) is 12.5. The van der Waals surface area contributed by atoms with Crippen molar-refractivity contribution in [3.05, 3.63) is 29.8 Å². The van der Waals surface area contributed by atoms with E-state index in [-0.39, 0.29) is 0 Å². The van der Waals surface area contributed by atoms with Gasteiger partial charge in [-0.3, -0.25) is 0 Å². The topological polar surface area (TPSA) is 21.3 Å². The van der Waals surface area contributed by atoms with Crippen LogP contribution in [0.25, 0.3) is 0 Å². The van der Waals surface area contributed by atoms with Crippen LogP contribution in [0.3, 0.4) is 0 Å². The third-order valence-electron chi connectivity index (χ3n) is 2.20. The molecule has 0 amide bonds. The smallest absolute Gasteiger partial charge is 0.124 e. The molecule has 14 heavy (non-hydrogen) atoms. The largest absolute Gasteiger partial charge is 0.494 e. The zero-order valence-corrected chi connectivity index (χ0v) is 9.21. The summed E-state index contributed by atoms with van der Waals surface area (Å²) in [5.74, 6) is 0.989. The standard InChI is InChI=1S/C12H19NO/c1-4-13-10(3)11-8-6-7-9-12(11)14-5-2/h6-10,13H,4-5H2,1-3H3. The Morgan fingerprint density at radius 2 is 2.00 bits per heavy atom. The molecule has 0 radical (unpaired) electrons. The molecule has 0 bridgehead atoms. The molecule has 0 aliphatic heterocycles. The number of hydrogen-bond donors (Lipinski definition) is 1. The molecular weight excluding hydrogens is 174 g/mol. The zero-order valence-electron chi connectivity index (χ0n) is 9.21. The van der Waals surface area contributed by atoms with Crippen LogP contribution in [0.4, 0.5) is 0 Å². The Hall–Kier alpha value is -1.02. The lowest BCUT2D eigenvalue weighted by molar-refractivity contribution is 0.332. The fourth-order valence-corrected chi connectivity index (χ4v) is 1.54. The fraction of sp³-hybridized carbons (Fsp3) is 0.500. The average Bonchev–Trinajstić information content (AvgIpc) is 2.19. The molecule has 78 valence electrons. The van der Waals surface area contributed by atoms with Gasteiger partial charge in [-0.1, -0.05) is 25.1 Å². The highest BCUT2D eigenvalue weighted by Crippen LogP contribution is 2.24. The predicted molar refractivity (Wildman–Crippen MR) is 59.7 cm³/mol. The maximum atomic E-state index is 5.56. The Balaban J connectivity index is 2.82.